The van der Waals surface area contributed by atoms with Gasteiger partial charge in [0.25, 0.3) is 5.91 Å². The predicted molar refractivity (Wildman–Crippen MR) is 134 cm³/mol. The summed E-state index contributed by atoms with van der Waals surface area (Å²) in [7, 11) is 0. The van der Waals surface area contributed by atoms with E-state index in [0.29, 0.717) is 17.7 Å². The average Bonchev–Trinajstić information content (AvgIpc) is 3.37. The van der Waals surface area contributed by atoms with Crippen molar-refractivity contribution in [1.82, 2.24) is 21.3 Å². The van der Waals surface area contributed by atoms with Crippen molar-refractivity contribution >= 4 is 53.0 Å². The highest BCUT2D eigenvalue weighted by molar-refractivity contribution is 6.39. The Bertz CT molecular complexity index is 1110. The summed E-state index contributed by atoms with van der Waals surface area (Å²) in [5.74, 6) is -2.31. The summed E-state index contributed by atoms with van der Waals surface area (Å²) in [6.07, 6.45) is 6.85. The minimum atomic E-state index is -1.39. The van der Waals surface area contributed by atoms with Crippen LogP contribution in [0.25, 0.3) is 6.08 Å². The lowest BCUT2D eigenvalue weighted by atomic mass is 10.0. The van der Waals surface area contributed by atoms with E-state index in [2.05, 4.69) is 21.3 Å². The van der Waals surface area contributed by atoms with Gasteiger partial charge in [-0.3, -0.25) is 14.4 Å². The summed E-state index contributed by atoms with van der Waals surface area (Å²) in [5.41, 5.74) is 0.418. The standard InChI is InChI=1S/C24H26Cl2N4O6/c25-16-10-14(12-28-20(31)7-6-15-4-3-9-36-15)11-17(26)21(16)23(33)30-19(24(34)35)13-29-22(32)18-5-1-2-8-27-18/h3-4,6-7,9-11,18-19,27H,1-2,5,8,12-13H2,(H,28,31)(H,29,32)(H,30,33)(H,34,35)/b7-6+/t18?,19-/m0/s1. The molecule has 1 aromatic heterocycles. The highest BCUT2D eigenvalue weighted by atomic mass is 35.5. The van der Waals surface area contributed by atoms with Gasteiger partial charge in [0.15, 0.2) is 0 Å². The fourth-order valence-corrected chi connectivity index (χ4v) is 4.27. The number of piperidine rings is 1. The smallest absolute Gasteiger partial charge is 0.328 e. The summed E-state index contributed by atoms with van der Waals surface area (Å²) in [6.45, 7) is 0.500. The topological polar surface area (TPSA) is 150 Å². The number of benzene rings is 1. The first-order valence-electron chi connectivity index (χ1n) is 11.3. The highest BCUT2D eigenvalue weighted by Gasteiger charge is 2.26. The van der Waals surface area contributed by atoms with E-state index in [4.69, 9.17) is 27.6 Å². The maximum atomic E-state index is 12.8. The van der Waals surface area contributed by atoms with Crippen molar-refractivity contribution in [1.29, 1.82) is 0 Å². The number of rotatable bonds is 10. The van der Waals surface area contributed by atoms with Gasteiger partial charge < -0.3 is 30.8 Å². The molecule has 2 atom stereocenters. The quantitative estimate of drug-likeness (QED) is 0.292. The van der Waals surface area contributed by atoms with Crippen molar-refractivity contribution in [2.24, 2.45) is 0 Å². The third kappa shape index (κ3) is 7.84. The number of furan rings is 1. The Morgan fingerprint density at radius 2 is 1.92 bits per heavy atom. The van der Waals surface area contributed by atoms with Crippen LogP contribution in [0.15, 0.2) is 41.0 Å². The van der Waals surface area contributed by atoms with Gasteiger partial charge in [-0.05, 0) is 55.3 Å². The first-order chi connectivity index (χ1) is 17.2. The van der Waals surface area contributed by atoms with Crippen molar-refractivity contribution in [3.63, 3.8) is 0 Å². The van der Waals surface area contributed by atoms with Crippen LogP contribution in [-0.4, -0.2) is 54.0 Å². The van der Waals surface area contributed by atoms with Crippen LogP contribution in [0.4, 0.5) is 0 Å². The Morgan fingerprint density at radius 3 is 2.53 bits per heavy atom. The maximum absolute atomic E-state index is 12.8. The SMILES string of the molecule is O=C(/C=C/c1ccco1)NCc1cc(Cl)c(C(=O)N[C@@H](CNC(=O)C2CCCCN2)C(=O)O)c(Cl)c1. The van der Waals surface area contributed by atoms with Crippen LogP contribution in [0.5, 0.6) is 0 Å². The second kappa shape index (κ2) is 13.1. The zero-order valence-corrected chi connectivity index (χ0v) is 20.7. The van der Waals surface area contributed by atoms with Crippen molar-refractivity contribution in [3.8, 4) is 0 Å². The molecule has 1 aliphatic rings. The Balaban J connectivity index is 1.57. The van der Waals surface area contributed by atoms with E-state index in [1.165, 1.54) is 30.5 Å². The Morgan fingerprint density at radius 1 is 1.17 bits per heavy atom. The molecule has 2 aromatic rings. The molecule has 2 heterocycles. The predicted octanol–water partition coefficient (Wildman–Crippen LogP) is 2.36. The van der Waals surface area contributed by atoms with Gasteiger partial charge in [-0.15, -0.1) is 0 Å². The van der Waals surface area contributed by atoms with Crippen molar-refractivity contribution in [2.75, 3.05) is 13.1 Å². The molecular formula is C24H26Cl2N4O6. The molecule has 1 aliphatic heterocycles. The molecule has 5 N–H and O–H groups in total. The molecule has 36 heavy (non-hydrogen) atoms. The number of carboxylic acids is 1. The van der Waals surface area contributed by atoms with Crippen molar-refractivity contribution < 1.29 is 28.7 Å². The minimum absolute atomic E-state index is 0.0186. The normalized spacial score (nSPS) is 16.3. The van der Waals surface area contributed by atoms with Crippen LogP contribution in [0.2, 0.25) is 10.0 Å². The van der Waals surface area contributed by atoms with Gasteiger partial charge in [0, 0.05) is 19.2 Å². The molecule has 3 rings (SSSR count). The van der Waals surface area contributed by atoms with Crippen LogP contribution in [0, 0.1) is 0 Å². The molecule has 0 aliphatic carbocycles. The molecule has 10 nitrogen and oxygen atoms in total. The largest absolute Gasteiger partial charge is 0.480 e. The number of carbonyl (C=O) groups is 4. The van der Waals surface area contributed by atoms with E-state index >= 15 is 0 Å². The Labute approximate surface area is 217 Å². The number of amides is 3. The summed E-state index contributed by atoms with van der Waals surface area (Å²) in [4.78, 5) is 48.7. The van der Waals surface area contributed by atoms with Gasteiger partial charge >= 0.3 is 5.97 Å². The molecule has 0 radical (unpaired) electrons. The molecule has 0 bridgehead atoms. The molecular weight excluding hydrogens is 511 g/mol. The molecule has 1 unspecified atom stereocenters. The van der Waals surface area contributed by atoms with Gasteiger partial charge in [0.2, 0.25) is 11.8 Å². The number of aliphatic carboxylic acids is 1. The van der Waals surface area contributed by atoms with Gasteiger partial charge in [0.05, 0.1) is 27.9 Å². The number of hydrogen-bond donors (Lipinski definition) is 5. The lowest BCUT2D eigenvalue weighted by Crippen LogP contribution is -2.53. The fraction of sp³-hybridized carbons (Fsp3) is 0.333. The van der Waals surface area contributed by atoms with Crippen LogP contribution >= 0.6 is 23.2 Å². The molecule has 0 spiro atoms. The van der Waals surface area contributed by atoms with Gasteiger partial charge in [-0.25, -0.2) is 4.79 Å². The third-order valence-electron chi connectivity index (χ3n) is 5.45. The second-order valence-electron chi connectivity index (χ2n) is 8.11. The third-order valence-corrected chi connectivity index (χ3v) is 6.04. The summed E-state index contributed by atoms with van der Waals surface area (Å²) in [6, 6.07) is 4.52. The van der Waals surface area contributed by atoms with Crippen LogP contribution in [0.3, 0.4) is 0 Å². The fourth-order valence-electron chi connectivity index (χ4n) is 3.57. The Hall–Kier alpha value is -3.34. The molecule has 1 saturated heterocycles. The van der Waals surface area contributed by atoms with E-state index in [0.717, 1.165) is 19.4 Å². The van der Waals surface area contributed by atoms with Gasteiger partial charge in [0.1, 0.15) is 11.8 Å². The zero-order chi connectivity index (χ0) is 26.1. The molecule has 1 aromatic carbocycles. The van der Waals surface area contributed by atoms with E-state index in [-0.39, 0.29) is 46.6 Å². The van der Waals surface area contributed by atoms with Gasteiger partial charge in [-0.1, -0.05) is 29.6 Å². The molecule has 3 amide bonds. The lowest BCUT2D eigenvalue weighted by Gasteiger charge is -2.23. The number of carbonyl (C=O) groups excluding carboxylic acids is 3. The number of carboxylic acid groups (broad SMARTS) is 1. The maximum Gasteiger partial charge on any atom is 0.328 e. The first kappa shape index (κ1) is 27.3. The minimum Gasteiger partial charge on any atom is -0.480 e. The molecule has 192 valence electrons. The number of halogens is 2. The van der Waals surface area contributed by atoms with E-state index < -0.39 is 17.9 Å². The summed E-state index contributed by atoms with van der Waals surface area (Å²) >= 11 is 12.5. The first-order valence-corrected chi connectivity index (χ1v) is 12.0. The Kier molecular flexibility index (Phi) is 9.92. The summed E-state index contributed by atoms with van der Waals surface area (Å²) < 4.78 is 5.11. The number of hydrogen-bond acceptors (Lipinski definition) is 6. The van der Waals surface area contributed by atoms with E-state index in [9.17, 15) is 24.3 Å². The van der Waals surface area contributed by atoms with Crippen LogP contribution < -0.4 is 21.3 Å². The molecule has 1 fully saturated rings. The number of nitrogens with one attached hydrogen (secondary N) is 4. The van der Waals surface area contributed by atoms with E-state index in [1.54, 1.807) is 12.1 Å². The molecule has 12 heteroatoms. The van der Waals surface area contributed by atoms with E-state index in [1.807, 2.05) is 0 Å². The zero-order valence-electron chi connectivity index (χ0n) is 19.2. The van der Waals surface area contributed by atoms with Crippen molar-refractivity contribution in [2.45, 2.75) is 37.9 Å². The second-order valence-corrected chi connectivity index (χ2v) is 8.93. The highest BCUT2D eigenvalue weighted by Crippen LogP contribution is 2.27. The van der Waals surface area contributed by atoms with Gasteiger partial charge in [-0.2, -0.15) is 0 Å². The summed E-state index contributed by atoms with van der Waals surface area (Å²) in [5, 5.41) is 20.1. The molecule has 0 saturated carbocycles. The van der Waals surface area contributed by atoms with Crippen LogP contribution in [-0.2, 0) is 20.9 Å². The monoisotopic (exact) mass is 536 g/mol. The lowest BCUT2D eigenvalue weighted by molar-refractivity contribution is -0.139. The average molecular weight is 537 g/mol. The van der Waals surface area contributed by atoms with Crippen LogP contribution in [0.1, 0.15) is 40.9 Å². The van der Waals surface area contributed by atoms with Crippen molar-refractivity contribution in [3.05, 3.63) is 63.5 Å².